The van der Waals surface area contributed by atoms with E-state index in [-0.39, 0.29) is 24.3 Å². The zero-order valence-corrected chi connectivity index (χ0v) is 15.3. The lowest BCUT2D eigenvalue weighted by Gasteiger charge is -2.45. The van der Waals surface area contributed by atoms with E-state index in [9.17, 15) is 19.5 Å². The highest BCUT2D eigenvalue weighted by atomic mass is 16.5. The van der Waals surface area contributed by atoms with Crippen LogP contribution in [-0.2, 0) is 14.3 Å². The van der Waals surface area contributed by atoms with Crippen LogP contribution in [0.2, 0.25) is 0 Å². The summed E-state index contributed by atoms with van der Waals surface area (Å²) in [4.78, 5) is 40.4. The van der Waals surface area contributed by atoms with Gasteiger partial charge in [0.2, 0.25) is 5.91 Å². The molecule has 2 amide bonds. The first-order valence-electron chi connectivity index (χ1n) is 9.46. The van der Waals surface area contributed by atoms with E-state index in [0.29, 0.717) is 31.5 Å². The lowest BCUT2D eigenvalue weighted by molar-refractivity contribution is -0.310. The molecule has 1 atom stereocenters. The number of piperidine rings is 1. The van der Waals surface area contributed by atoms with E-state index in [1.165, 1.54) is 4.90 Å². The van der Waals surface area contributed by atoms with Crippen LogP contribution in [0.15, 0.2) is 24.3 Å². The third-order valence-electron chi connectivity index (χ3n) is 5.91. The van der Waals surface area contributed by atoms with E-state index in [2.05, 4.69) is 0 Å². The quantitative estimate of drug-likeness (QED) is 0.763. The molecule has 0 N–H and O–H groups in total. The van der Waals surface area contributed by atoms with Gasteiger partial charge in [0, 0.05) is 37.4 Å². The molecule has 0 unspecified atom stereocenters. The Hall–Kier alpha value is -2.41. The SMILES string of the molecule is Cc1ccccc1C(=O)N1[C@H](C(=O)[O-])COC12CCN(C(=O)C1CC1)CC2. The molecule has 1 aliphatic carbocycles. The molecule has 3 fully saturated rings. The number of amides is 2. The Labute approximate surface area is 157 Å². The molecule has 1 spiro atoms. The van der Waals surface area contributed by atoms with Crippen molar-refractivity contribution in [1.29, 1.82) is 0 Å². The van der Waals surface area contributed by atoms with Gasteiger partial charge in [-0.25, -0.2) is 0 Å². The number of carbonyl (C=O) groups excluding carboxylic acids is 3. The number of benzene rings is 1. The molecule has 3 aliphatic rings. The van der Waals surface area contributed by atoms with Crippen LogP contribution in [0.1, 0.15) is 41.6 Å². The molecule has 2 saturated heterocycles. The maximum absolute atomic E-state index is 13.3. The third-order valence-corrected chi connectivity index (χ3v) is 5.91. The fraction of sp³-hybridized carbons (Fsp3) is 0.550. The molecule has 7 heteroatoms. The first-order valence-corrected chi connectivity index (χ1v) is 9.46. The monoisotopic (exact) mass is 371 g/mol. The van der Waals surface area contributed by atoms with E-state index < -0.39 is 17.7 Å². The number of aryl methyl sites for hydroxylation is 1. The maximum Gasteiger partial charge on any atom is 0.257 e. The van der Waals surface area contributed by atoms with Crippen LogP contribution < -0.4 is 5.11 Å². The van der Waals surface area contributed by atoms with Gasteiger partial charge in [-0.15, -0.1) is 0 Å². The summed E-state index contributed by atoms with van der Waals surface area (Å²) >= 11 is 0. The lowest BCUT2D eigenvalue weighted by Crippen LogP contribution is -2.60. The topological polar surface area (TPSA) is 90.0 Å². The normalized spacial score (nSPS) is 24.3. The number of carboxylic acids is 1. The van der Waals surface area contributed by atoms with Crippen molar-refractivity contribution in [3.05, 3.63) is 35.4 Å². The van der Waals surface area contributed by atoms with Gasteiger partial charge < -0.3 is 19.5 Å². The van der Waals surface area contributed by atoms with Crippen molar-refractivity contribution in [1.82, 2.24) is 9.80 Å². The summed E-state index contributed by atoms with van der Waals surface area (Å²) < 4.78 is 5.90. The second-order valence-electron chi connectivity index (χ2n) is 7.68. The van der Waals surface area contributed by atoms with Gasteiger partial charge in [0.05, 0.1) is 18.6 Å². The smallest absolute Gasteiger partial charge is 0.257 e. The summed E-state index contributed by atoms with van der Waals surface area (Å²) in [6.45, 7) is 2.66. The van der Waals surface area contributed by atoms with Crippen molar-refractivity contribution in [2.45, 2.75) is 44.4 Å². The zero-order chi connectivity index (χ0) is 19.2. The first-order chi connectivity index (χ1) is 12.9. The lowest BCUT2D eigenvalue weighted by atomic mass is 9.95. The first kappa shape index (κ1) is 18.0. The highest BCUT2D eigenvalue weighted by Crippen LogP contribution is 2.40. The molecule has 7 nitrogen and oxygen atoms in total. The minimum Gasteiger partial charge on any atom is -0.548 e. The summed E-state index contributed by atoms with van der Waals surface area (Å²) in [7, 11) is 0. The molecule has 1 aromatic carbocycles. The van der Waals surface area contributed by atoms with E-state index in [1.54, 1.807) is 12.1 Å². The number of nitrogens with zero attached hydrogens (tertiary/aromatic N) is 2. The third kappa shape index (κ3) is 3.10. The average molecular weight is 371 g/mol. The Kier molecular flexibility index (Phi) is 4.42. The van der Waals surface area contributed by atoms with Crippen LogP contribution in [0.4, 0.5) is 0 Å². The molecule has 1 aromatic rings. The Balaban J connectivity index is 1.60. The fourth-order valence-electron chi connectivity index (χ4n) is 4.16. The van der Waals surface area contributed by atoms with Crippen LogP contribution >= 0.6 is 0 Å². The average Bonchev–Trinajstić information content (AvgIpc) is 3.44. The number of ether oxygens (including phenoxy) is 1. The van der Waals surface area contributed by atoms with Crippen molar-refractivity contribution in [2.75, 3.05) is 19.7 Å². The largest absolute Gasteiger partial charge is 0.548 e. The highest BCUT2D eigenvalue weighted by molar-refractivity contribution is 5.98. The highest BCUT2D eigenvalue weighted by Gasteiger charge is 2.53. The van der Waals surface area contributed by atoms with Crippen LogP contribution in [0.25, 0.3) is 0 Å². The Morgan fingerprint density at radius 3 is 2.41 bits per heavy atom. The molecule has 2 heterocycles. The molecular formula is C20H23N2O5-. The second kappa shape index (κ2) is 6.64. The number of hydrogen-bond acceptors (Lipinski definition) is 5. The molecule has 2 aliphatic heterocycles. The van der Waals surface area contributed by atoms with Crippen LogP contribution in [0.3, 0.4) is 0 Å². The molecule has 0 bridgehead atoms. The Morgan fingerprint density at radius 2 is 1.81 bits per heavy atom. The Morgan fingerprint density at radius 1 is 1.15 bits per heavy atom. The van der Waals surface area contributed by atoms with E-state index in [0.717, 1.165) is 18.4 Å². The summed E-state index contributed by atoms with van der Waals surface area (Å²) in [5, 5.41) is 11.7. The molecule has 144 valence electrons. The second-order valence-corrected chi connectivity index (χ2v) is 7.68. The van der Waals surface area contributed by atoms with Crippen molar-refractivity contribution in [2.24, 2.45) is 5.92 Å². The van der Waals surface area contributed by atoms with Gasteiger partial charge in [0.1, 0.15) is 5.72 Å². The minimum absolute atomic E-state index is 0.0868. The van der Waals surface area contributed by atoms with Gasteiger partial charge in [-0.1, -0.05) is 18.2 Å². The van der Waals surface area contributed by atoms with E-state index in [4.69, 9.17) is 4.74 Å². The fourth-order valence-corrected chi connectivity index (χ4v) is 4.16. The number of rotatable bonds is 3. The Bertz CT molecular complexity index is 780. The maximum atomic E-state index is 13.3. The van der Waals surface area contributed by atoms with Gasteiger partial charge in [0.15, 0.2) is 0 Å². The number of carboxylic acid groups (broad SMARTS) is 1. The van der Waals surface area contributed by atoms with Gasteiger partial charge in [-0.2, -0.15) is 0 Å². The van der Waals surface area contributed by atoms with Crippen molar-refractivity contribution < 1.29 is 24.2 Å². The summed E-state index contributed by atoms with van der Waals surface area (Å²) in [5.41, 5.74) is 0.248. The van der Waals surface area contributed by atoms with Gasteiger partial charge in [0.25, 0.3) is 5.91 Å². The van der Waals surface area contributed by atoms with Crippen LogP contribution in [0, 0.1) is 12.8 Å². The van der Waals surface area contributed by atoms with Gasteiger partial charge in [-0.05, 0) is 31.4 Å². The van der Waals surface area contributed by atoms with Crippen molar-refractivity contribution in [3.8, 4) is 0 Å². The van der Waals surface area contributed by atoms with E-state index in [1.807, 2.05) is 24.0 Å². The molecule has 0 radical (unpaired) electrons. The summed E-state index contributed by atoms with van der Waals surface area (Å²) in [5.74, 6) is -1.37. The number of hydrogen-bond donors (Lipinski definition) is 0. The van der Waals surface area contributed by atoms with Crippen LogP contribution in [-0.4, -0.2) is 59.0 Å². The van der Waals surface area contributed by atoms with Gasteiger partial charge >= 0.3 is 0 Å². The van der Waals surface area contributed by atoms with Gasteiger partial charge in [-0.3, -0.25) is 14.5 Å². The molecule has 1 saturated carbocycles. The molecule has 0 aromatic heterocycles. The predicted molar refractivity (Wildman–Crippen MR) is 93.4 cm³/mol. The minimum atomic E-state index is -1.31. The molecular weight excluding hydrogens is 348 g/mol. The number of aliphatic carboxylic acids is 1. The predicted octanol–water partition coefficient (Wildman–Crippen LogP) is 0.315. The summed E-state index contributed by atoms with van der Waals surface area (Å²) in [6, 6.07) is 5.99. The molecule has 27 heavy (non-hydrogen) atoms. The zero-order valence-electron chi connectivity index (χ0n) is 15.3. The molecule has 4 rings (SSSR count). The number of likely N-dealkylation sites (tertiary alicyclic amines) is 1. The summed E-state index contributed by atoms with van der Waals surface area (Å²) in [6.07, 6.45) is 2.71. The van der Waals surface area contributed by atoms with Crippen LogP contribution in [0.5, 0.6) is 0 Å². The van der Waals surface area contributed by atoms with E-state index >= 15 is 0 Å². The number of carbonyl (C=O) groups is 3. The van der Waals surface area contributed by atoms with Crippen molar-refractivity contribution >= 4 is 17.8 Å². The standard InChI is InChI=1S/C20H24N2O5/c1-13-4-2-3-5-15(13)18(24)22-16(19(25)26)12-27-20(22)8-10-21(11-9-20)17(23)14-6-7-14/h2-5,14,16H,6-12H2,1H3,(H,25,26)/p-1/t16-/m0/s1. The van der Waals surface area contributed by atoms with Crippen molar-refractivity contribution in [3.63, 3.8) is 0 Å².